The minimum absolute atomic E-state index is 0.0152. The van der Waals surface area contributed by atoms with E-state index in [2.05, 4.69) is 31.3 Å². The summed E-state index contributed by atoms with van der Waals surface area (Å²) in [4.78, 5) is 11.7. The predicted molar refractivity (Wildman–Crippen MR) is 95.0 cm³/mol. The Morgan fingerprint density at radius 2 is 1.91 bits per heavy atom. The highest BCUT2D eigenvalue weighted by Gasteiger charge is 2.10. The van der Waals surface area contributed by atoms with Crippen molar-refractivity contribution in [1.29, 1.82) is 0 Å². The van der Waals surface area contributed by atoms with Crippen LogP contribution in [0.5, 0.6) is 5.75 Å². The van der Waals surface area contributed by atoms with Gasteiger partial charge in [-0.25, -0.2) is 0 Å². The second-order valence-corrected chi connectivity index (χ2v) is 5.76. The Balaban J connectivity index is 2.22. The van der Waals surface area contributed by atoms with Gasteiger partial charge in [-0.15, -0.1) is 0 Å². The molecule has 0 aliphatic rings. The molecule has 0 saturated carbocycles. The first kappa shape index (κ1) is 17.1. The molecular weight excluding hydrogens is 286 g/mol. The van der Waals surface area contributed by atoms with Crippen LogP contribution < -0.4 is 10.1 Å². The maximum atomic E-state index is 11.7. The normalized spacial score (nSPS) is 10.4. The Kier molecular flexibility index (Phi) is 5.80. The number of anilines is 1. The second kappa shape index (κ2) is 7.82. The SMILES string of the molecule is CCC(=O)Nc1cccc(C)c1COc1ccc(C)cc1CC. The predicted octanol–water partition coefficient (Wildman–Crippen LogP) is 4.79. The Morgan fingerprint density at radius 1 is 1.13 bits per heavy atom. The van der Waals surface area contributed by atoms with Crippen molar-refractivity contribution in [2.75, 3.05) is 5.32 Å². The first-order chi connectivity index (χ1) is 11.0. The third kappa shape index (κ3) is 4.35. The molecule has 0 spiro atoms. The second-order valence-electron chi connectivity index (χ2n) is 5.76. The van der Waals surface area contributed by atoms with Crippen LogP contribution in [0.15, 0.2) is 36.4 Å². The van der Waals surface area contributed by atoms with Crippen LogP contribution in [0.1, 0.15) is 42.5 Å². The van der Waals surface area contributed by atoms with Crippen LogP contribution in [0.4, 0.5) is 5.69 Å². The van der Waals surface area contributed by atoms with E-state index in [0.717, 1.165) is 29.0 Å². The van der Waals surface area contributed by atoms with Gasteiger partial charge in [0.15, 0.2) is 0 Å². The van der Waals surface area contributed by atoms with E-state index in [1.165, 1.54) is 11.1 Å². The molecule has 3 nitrogen and oxygen atoms in total. The zero-order valence-electron chi connectivity index (χ0n) is 14.4. The van der Waals surface area contributed by atoms with E-state index in [1.807, 2.05) is 38.1 Å². The number of hydrogen-bond acceptors (Lipinski definition) is 2. The van der Waals surface area contributed by atoms with Gasteiger partial charge in [0, 0.05) is 17.7 Å². The molecule has 1 N–H and O–H groups in total. The Labute approximate surface area is 138 Å². The van der Waals surface area contributed by atoms with Crippen molar-refractivity contribution in [3.8, 4) is 5.75 Å². The maximum Gasteiger partial charge on any atom is 0.224 e. The number of hydrogen-bond donors (Lipinski definition) is 1. The van der Waals surface area contributed by atoms with E-state index in [4.69, 9.17) is 4.74 Å². The molecule has 2 aromatic rings. The summed E-state index contributed by atoms with van der Waals surface area (Å²) >= 11 is 0. The number of benzene rings is 2. The summed E-state index contributed by atoms with van der Waals surface area (Å²) in [5, 5.41) is 2.96. The molecule has 1 amide bonds. The van der Waals surface area contributed by atoms with Crippen LogP contribution in [0, 0.1) is 13.8 Å². The molecule has 0 heterocycles. The molecule has 0 fully saturated rings. The first-order valence-electron chi connectivity index (χ1n) is 8.15. The molecule has 0 bridgehead atoms. The summed E-state index contributed by atoms with van der Waals surface area (Å²) in [6.07, 6.45) is 1.40. The fourth-order valence-corrected chi connectivity index (χ4v) is 2.52. The molecule has 0 aliphatic heterocycles. The van der Waals surface area contributed by atoms with Gasteiger partial charge in [-0.3, -0.25) is 4.79 Å². The molecule has 0 atom stereocenters. The Morgan fingerprint density at radius 3 is 2.61 bits per heavy atom. The molecule has 0 saturated heterocycles. The molecule has 2 aromatic carbocycles. The van der Waals surface area contributed by atoms with E-state index in [1.54, 1.807) is 0 Å². The molecule has 0 aliphatic carbocycles. The van der Waals surface area contributed by atoms with Crippen LogP contribution >= 0.6 is 0 Å². The summed E-state index contributed by atoms with van der Waals surface area (Å²) in [6.45, 7) is 8.55. The summed E-state index contributed by atoms with van der Waals surface area (Å²) in [7, 11) is 0. The number of nitrogens with one attached hydrogen (secondary N) is 1. The van der Waals surface area contributed by atoms with Crippen LogP contribution in [0.3, 0.4) is 0 Å². The van der Waals surface area contributed by atoms with Gasteiger partial charge in [0.05, 0.1) is 0 Å². The zero-order valence-corrected chi connectivity index (χ0v) is 14.4. The van der Waals surface area contributed by atoms with E-state index in [0.29, 0.717) is 13.0 Å². The van der Waals surface area contributed by atoms with Crippen LogP contribution in [0.2, 0.25) is 0 Å². The van der Waals surface area contributed by atoms with Crippen LogP contribution in [-0.4, -0.2) is 5.91 Å². The lowest BCUT2D eigenvalue weighted by atomic mass is 10.1. The van der Waals surface area contributed by atoms with Crippen molar-refractivity contribution in [3.63, 3.8) is 0 Å². The first-order valence-corrected chi connectivity index (χ1v) is 8.15. The van der Waals surface area contributed by atoms with Crippen molar-refractivity contribution in [3.05, 3.63) is 58.7 Å². The lowest BCUT2D eigenvalue weighted by molar-refractivity contribution is -0.115. The topological polar surface area (TPSA) is 38.3 Å². The van der Waals surface area contributed by atoms with Crippen LogP contribution in [0.25, 0.3) is 0 Å². The Bertz CT molecular complexity index is 692. The summed E-state index contributed by atoms with van der Waals surface area (Å²) in [5.41, 5.74) is 5.42. The van der Waals surface area contributed by atoms with Gasteiger partial charge in [0.25, 0.3) is 0 Å². The molecule has 2 rings (SSSR count). The molecule has 23 heavy (non-hydrogen) atoms. The standard InChI is InChI=1S/C20H25NO2/c1-5-16-12-14(3)10-11-19(16)23-13-17-15(4)8-7-9-18(17)21-20(22)6-2/h7-12H,5-6,13H2,1-4H3,(H,21,22). The lowest BCUT2D eigenvalue weighted by Gasteiger charge is -2.16. The smallest absolute Gasteiger partial charge is 0.224 e. The van der Waals surface area contributed by atoms with Gasteiger partial charge in [0.2, 0.25) is 5.91 Å². The summed E-state index contributed by atoms with van der Waals surface area (Å²) in [5.74, 6) is 0.926. The third-order valence-electron chi connectivity index (χ3n) is 3.97. The fourth-order valence-electron chi connectivity index (χ4n) is 2.52. The molecular formula is C20H25NO2. The van der Waals surface area contributed by atoms with Gasteiger partial charge >= 0.3 is 0 Å². The number of rotatable bonds is 6. The number of carbonyl (C=O) groups is 1. The van der Waals surface area contributed by atoms with Crippen molar-refractivity contribution >= 4 is 11.6 Å². The quantitative estimate of drug-likeness (QED) is 0.832. The lowest BCUT2D eigenvalue weighted by Crippen LogP contribution is -2.13. The average molecular weight is 311 g/mol. The van der Waals surface area contributed by atoms with Gasteiger partial charge in [-0.2, -0.15) is 0 Å². The molecule has 0 unspecified atom stereocenters. The Hall–Kier alpha value is -2.29. The van der Waals surface area contributed by atoms with Crippen molar-refractivity contribution in [2.45, 2.75) is 47.1 Å². The van der Waals surface area contributed by atoms with E-state index >= 15 is 0 Å². The zero-order chi connectivity index (χ0) is 16.8. The van der Waals surface area contributed by atoms with Gasteiger partial charge in [-0.1, -0.05) is 43.7 Å². The fraction of sp³-hybridized carbons (Fsp3) is 0.350. The van der Waals surface area contributed by atoms with Gasteiger partial charge < -0.3 is 10.1 Å². The van der Waals surface area contributed by atoms with Crippen molar-refractivity contribution in [2.24, 2.45) is 0 Å². The van der Waals surface area contributed by atoms with Crippen molar-refractivity contribution in [1.82, 2.24) is 0 Å². The van der Waals surface area contributed by atoms with Gasteiger partial charge in [-0.05, 0) is 43.5 Å². The highest BCUT2D eigenvalue weighted by molar-refractivity contribution is 5.91. The molecule has 3 heteroatoms. The van der Waals surface area contributed by atoms with E-state index in [9.17, 15) is 4.79 Å². The van der Waals surface area contributed by atoms with E-state index in [-0.39, 0.29) is 5.91 Å². The molecule has 0 aromatic heterocycles. The largest absolute Gasteiger partial charge is 0.489 e. The molecule has 0 radical (unpaired) electrons. The highest BCUT2D eigenvalue weighted by Crippen LogP contribution is 2.25. The minimum atomic E-state index is 0.0152. The van der Waals surface area contributed by atoms with Crippen LogP contribution in [-0.2, 0) is 17.8 Å². The number of carbonyl (C=O) groups excluding carboxylic acids is 1. The third-order valence-corrected chi connectivity index (χ3v) is 3.97. The number of amides is 1. The molecule has 122 valence electrons. The summed E-state index contributed by atoms with van der Waals surface area (Å²) < 4.78 is 6.05. The maximum absolute atomic E-state index is 11.7. The minimum Gasteiger partial charge on any atom is -0.489 e. The van der Waals surface area contributed by atoms with E-state index < -0.39 is 0 Å². The van der Waals surface area contributed by atoms with Crippen molar-refractivity contribution < 1.29 is 9.53 Å². The summed E-state index contributed by atoms with van der Waals surface area (Å²) in [6, 6.07) is 12.2. The number of aryl methyl sites for hydroxylation is 3. The average Bonchev–Trinajstić information content (AvgIpc) is 2.55. The highest BCUT2D eigenvalue weighted by atomic mass is 16.5. The monoisotopic (exact) mass is 311 g/mol. The number of ether oxygens (including phenoxy) is 1. The van der Waals surface area contributed by atoms with Gasteiger partial charge in [0.1, 0.15) is 12.4 Å².